The first-order valence-electron chi connectivity index (χ1n) is 7.96. The molecule has 0 amide bonds. The Hall–Kier alpha value is -2.85. The Morgan fingerprint density at radius 3 is 2.37 bits per heavy atom. The summed E-state index contributed by atoms with van der Waals surface area (Å²) in [5, 5.41) is 19.2. The number of pyridine rings is 1. The number of nitrogens with two attached hydrogens (primary N) is 1. The van der Waals surface area contributed by atoms with E-state index in [2.05, 4.69) is 20.9 Å². The number of aromatic carboxylic acids is 2. The lowest BCUT2D eigenvalue weighted by Crippen LogP contribution is -2.36. The summed E-state index contributed by atoms with van der Waals surface area (Å²) in [6.45, 7) is 2.02. The van der Waals surface area contributed by atoms with Gasteiger partial charge < -0.3 is 30.6 Å². The van der Waals surface area contributed by atoms with Crippen molar-refractivity contribution in [2.45, 2.75) is 0 Å². The molecule has 1 aliphatic heterocycles. The number of halogens is 1. The molecule has 142 valence electrons. The summed E-state index contributed by atoms with van der Waals surface area (Å²) in [4.78, 5) is 39.9. The fourth-order valence-corrected chi connectivity index (χ4v) is 3.45. The standard InChI is InChI=1S/C17H16BrN3O6/c18-8-1-2-9(10(7-8)21-3-5-27-6-4-21)11-12(16(23)24)14(19)20-15(22)13(11)17(25)26/h1-2,7H,3-6H2,(H,23,24)(H,25,26)(H3,19,20,22). The molecular weight excluding hydrogens is 422 g/mol. The predicted molar refractivity (Wildman–Crippen MR) is 102 cm³/mol. The highest BCUT2D eigenvalue weighted by atomic mass is 79.9. The van der Waals surface area contributed by atoms with Crippen LogP contribution in [0.25, 0.3) is 11.1 Å². The van der Waals surface area contributed by atoms with Crippen LogP contribution in [0.15, 0.2) is 27.5 Å². The Balaban J connectivity index is 2.38. The topological polar surface area (TPSA) is 146 Å². The molecule has 1 fully saturated rings. The molecule has 0 radical (unpaired) electrons. The molecule has 5 N–H and O–H groups in total. The second-order valence-corrected chi connectivity index (χ2v) is 6.78. The fourth-order valence-electron chi connectivity index (χ4n) is 3.10. The summed E-state index contributed by atoms with van der Waals surface area (Å²) in [7, 11) is 0. The minimum Gasteiger partial charge on any atom is -0.478 e. The van der Waals surface area contributed by atoms with Gasteiger partial charge in [-0.05, 0) is 12.1 Å². The van der Waals surface area contributed by atoms with Gasteiger partial charge >= 0.3 is 11.9 Å². The van der Waals surface area contributed by atoms with Crippen molar-refractivity contribution in [1.29, 1.82) is 0 Å². The van der Waals surface area contributed by atoms with E-state index in [9.17, 15) is 24.6 Å². The Morgan fingerprint density at radius 2 is 1.78 bits per heavy atom. The zero-order valence-electron chi connectivity index (χ0n) is 14.0. The summed E-state index contributed by atoms with van der Waals surface area (Å²) in [5.74, 6) is -3.37. The fraction of sp³-hybridized carbons (Fsp3) is 0.235. The van der Waals surface area contributed by atoms with Crippen molar-refractivity contribution in [3.63, 3.8) is 0 Å². The van der Waals surface area contributed by atoms with Gasteiger partial charge in [0.15, 0.2) is 0 Å². The van der Waals surface area contributed by atoms with Crippen molar-refractivity contribution in [3.05, 3.63) is 44.2 Å². The van der Waals surface area contributed by atoms with Crippen LogP contribution < -0.4 is 16.2 Å². The van der Waals surface area contributed by atoms with Crippen LogP contribution in [-0.2, 0) is 4.74 Å². The molecule has 1 aliphatic rings. The maximum absolute atomic E-state index is 12.3. The predicted octanol–water partition coefficient (Wildman–Crippen LogP) is 1.62. The van der Waals surface area contributed by atoms with Gasteiger partial charge in [-0.1, -0.05) is 22.0 Å². The van der Waals surface area contributed by atoms with Crippen LogP contribution in [0.5, 0.6) is 0 Å². The molecule has 1 saturated heterocycles. The van der Waals surface area contributed by atoms with Crippen LogP contribution in [0.2, 0.25) is 0 Å². The lowest BCUT2D eigenvalue weighted by atomic mass is 9.93. The van der Waals surface area contributed by atoms with E-state index in [1.807, 2.05) is 4.90 Å². The lowest BCUT2D eigenvalue weighted by Gasteiger charge is -2.31. The molecule has 0 atom stereocenters. The molecule has 1 aromatic carbocycles. The Labute approximate surface area is 161 Å². The van der Waals surface area contributed by atoms with Crippen molar-refractivity contribution < 1.29 is 24.5 Å². The smallest absolute Gasteiger partial charge is 0.342 e. The van der Waals surface area contributed by atoms with Crippen LogP contribution in [0, 0.1) is 0 Å². The van der Waals surface area contributed by atoms with Gasteiger partial charge in [-0.3, -0.25) is 4.79 Å². The number of H-pyrrole nitrogens is 1. The van der Waals surface area contributed by atoms with E-state index in [0.29, 0.717) is 37.6 Å². The summed E-state index contributed by atoms with van der Waals surface area (Å²) in [6.07, 6.45) is 0. The summed E-state index contributed by atoms with van der Waals surface area (Å²) < 4.78 is 6.06. The number of hydrogen-bond donors (Lipinski definition) is 4. The molecule has 1 aromatic heterocycles. The molecule has 3 rings (SSSR count). The molecular formula is C17H16BrN3O6. The zero-order chi connectivity index (χ0) is 19.7. The number of anilines is 2. The quantitative estimate of drug-likeness (QED) is 0.564. The molecule has 0 aliphatic carbocycles. The first kappa shape index (κ1) is 18.9. The van der Waals surface area contributed by atoms with Crippen LogP contribution in [0.1, 0.15) is 20.7 Å². The molecule has 0 saturated carbocycles. The van der Waals surface area contributed by atoms with Gasteiger partial charge in [-0.2, -0.15) is 0 Å². The van der Waals surface area contributed by atoms with E-state index < -0.39 is 34.4 Å². The van der Waals surface area contributed by atoms with Crippen molar-refractivity contribution in [2.75, 3.05) is 36.9 Å². The van der Waals surface area contributed by atoms with Gasteiger partial charge in [0, 0.05) is 34.4 Å². The molecule has 0 bridgehead atoms. The lowest BCUT2D eigenvalue weighted by molar-refractivity contribution is 0.0695. The average Bonchev–Trinajstić information content (AvgIpc) is 2.61. The monoisotopic (exact) mass is 437 g/mol. The van der Waals surface area contributed by atoms with Crippen LogP contribution in [0.4, 0.5) is 11.5 Å². The number of ether oxygens (including phenoxy) is 1. The van der Waals surface area contributed by atoms with Crippen molar-refractivity contribution >= 4 is 39.4 Å². The Morgan fingerprint density at radius 1 is 1.15 bits per heavy atom. The first-order valence-corrected chi connectivity index (χ1v) is 8.75. The molecule has 2 aromatic rings. The Bertz CT molecular complexity index is 981. The number of benzene rings is 1. The zero-order valence-corrected chi connectivity index (χ0v) is 15.6. The van der Waals surface area contributed by atoms with E-state index in [1.54, 1.807) is 18.2 Å². The molecule has 2 heterocycles. The average molecular weight is 438 g/mol. The number of rotatable bonds is 4. The summed E-state index contributed by atoms with van der Waals surface area (Å²) in [5.41, 5.74) is 4.30. The minimum absolute atomic E-state index is 0.217. The van der Waals surface area contributed by atoms with E-state index in [1.165, 1.54) is 0 Å². The van der Waals surface area contributed by atoms with Gasteiger partial charge in [0.05, 0.1) is 13.2 Å². The molecule has 0 unspecified atom stereocenters. The third-order valence-electron chi connectivity index (χ3n) is 4.25. The first-order chi connectivity index (χ1) is 12.8. The molecule has 27 heavy (non-hydrogen) atoms. The maximum Gasteiger partial charge on any atom is 0.342 e. The van der Waals surface area contributed by atoms with E-state index in [4.69, 9.17) is 10.5 Å². The largest absolute Gasteiger partial charge is 0.478 e. The highest BCUT2D eigenvalue weighted by Gasteiger charge is 2.29. The third kappa shape index (κ3) is 3.53. The van der Waals surface area contributed by atoms with Crippen molar-refractivity contribution in [3.8, 4) is 11.1 Å². The van der Waals surface area contributed by atoms with Gasteiger partial charge in [-0.25, -0.2) is 9.59 Å². The Kier molecular flexibility index (Phi) is 5.19. The van der Waals surface area contributed by atoms with Gasteiger partial charge in [0.1, 0.15) is 16.9 Å². The maximum atomic E-state index is 12.3. The molecule has 9 nitrogen and oxygen atoms in total. The van der Waals surface area contributed by atoms with Crippen molar-refractivity contribution in [1.82, 2.24) is 4.98 Å². The summed E-state index contributed by atoms with van der Waals surface area (Å²) in [6, 6.07) is 4.96. The SMILES string of the molecule is Nc1[nH]c(=O)c(C(=O)O)c(-c2ccc(Br)cc2N2CCOCC2)c1C(=O)O. The van der Waals surface area contributed by atoms with E-state index >= 15 is 0 Å². The normalized spacial score (nSPS) is 14.2. The van der Waals surface area contributed by atoms with Gasteiger partial charge in [-0.15, -0.1) is 0 Å². The van der Waals surface area contributed by atoms with E-state index in [-0.39, 0.29) is 5.56 Å². The van der Waals surface area contributed by atoms with Gasteiger partial charge in [0.25, 0.3) is 5.56 Å². The highest BCUT2D eigenvalue weighted by molar-refractivity contribution is 9.10. The number of nitrogens with zero attached hydrogens (tertiary/aromatic N) is 1. The van der Waals surface area contributed by atoms with Gasteiger partial charge in [0.2, 0.25) is 0 Å². The number of carboxylic acid groups (broad SMARTS) is 2. The van der Waals surface area contributed by atoms with Crippen LogP contribution >= 0.6 is 15.9 Å². The number of carboxylic acids is 2. The van der Waals surface area contributed by atoms with Crippen molar-refractivity contribution in [2.24, 2.45) is 0 Å². The highest BCUT2D eigenvalue weighted by Crippen LogP contribution is 2.38. The number of aromatic nitrogens is 1. The second kappa shape index (κ2) is 7.41. The van der Waals surface area contributed by atoms with E-state index in [0.717, 1.165) is 4.47 Å². The van der Waals surface area contributed by atoms with Crippen LogP contribution in [-0.4, -0.2) is 53.4 Å². The number of hydrogen-bond acceptors (Lipinski definition) is 6. The number of aromatic amines is 1. The summed E-state index contributed by atoms with van der Waals surface area (Å²) >= 11 is 3.38. The molecule has 10 heteroatoms. The number of morpholine rings is 1. The molecule has 0 spiro atoms. The minimum atomic E-state index is -1.54. The number of nitrogen functional groups attached to an aromatic ring is 1. The van der Waals surface area contributed by atoms with Crippen LogP contribution in [0.3, 0.4) is 0 Å². The second-order valence-electron chi connectivity index (χ2n) is 5.86. The third-order valence-corrected chi connectivity index (χ3v) is 4.75. The number of nitrogens with one attached hydrogen (secondary N) is 1. The number of carbonyl (C=O) groups is 2.